The Morgan fingerprint density at radius 2 is 2.22 bits per heavy atom. The average Bonchev–Trinajstić information content (AvgIpc) is 2.96. The zero-order valence-electron chi connectivity index (χ0n) is 11.4. The van der Waals surface area contributed by atoms with Crippen molar-refractivity contribution in [2.24, 2.45) is 17.8 Å². The Kier molecular flexibility index (Phi) is 4.10. The minimum atomic E-state index is -0.623. The van der Waals surface area contributed by atoms with Gasteiger partial charge in [0.05, 0.1) is 18.1 Å². The first-order chi connectivity index (χ1) is 8.52. The summed E-state index contributed by atoms with van der Waals surface area (Å²) >= 11 is 0. The molecule has 4 atom stereocenters. The van der Waals surface area contributed by atoms with Crippen molar-refractivity contribution in [3.8, 4) is 0 Å². The van der Waals surface area contributed by atoms with Gasteiger partial charge >= 0.3 is 5.97 Å². The van der Waals surface area contributed by atoms with Crippen molar-refractivity contribution in [1.29, 1.82) is 0 Å². The molecule has 18 heavy (non-hydrogen) atoms. The molecule has 3 heteroatoms. The Bertz CT molecular complexity index is 333. The Labute approximate surface area is 109 Å². The predicted octanol–water partition coefficient (Wildman–Crippen LogP) is 2.68. The third kappa shape index (κ3) is 3.14. The molecule has 0 amide bonds. The second-order valence-electron chi connectivity index (χ2n) is 6.01. The van der Waals surface area contributed by atoms with Crippen molar-refractivity contribution < 1.29 is 14.6 Å². The molecule has 3 nitrogen and oxygen atoms in total. The summed E-state index contributed by atoms with van der Waals surface area (Å²) < 4.78 is 5.33. The van der Waals surface area contributed by atoms with Gasteiger partial charge in [-0.1, -0.05) is 19.1 Å². The van der Waals surface area contributed by atoms with Crippen LogP contribution in [0.4, 0.5) is 0 Å². The highest BCUT2D eigenvalue weighted by Gasteiger charge is 2.40. The van der Waals surface area contributed by atoms with E-state index in [1.807, 2.05) is 13.8 Å². The van der Waals surface area contributed by atoms with Gasteiger partial charge in [0, 0.05) is 0 Å². The largest absolute Gasteiger partial charge is 0.465 e. The van der Waals surface area contributed by atoms with E-state index in [4.69, 9.17) is 4.74 Å². The minimum absolute atomic E-state index is 0.0389. The highest BCUT2D eigenvalue weighted by Crippen LogP contribution is 2.43. The highest BCUT2D eigenvalue weighted by atomic mass is 16.5. The zero-order chi connectivity index (χ0) is 13.2. The number of fused-ring (bicyclic) bond motifs is 2. The summed E-state index contributed by atoms with van der Waals surface area (Å²) in [5.41, 5.74) is -0.623. The summed E-state index contributed by atoms with van der Waals surface area (Å²) in [5, 5.41) is 9.84. The van der Waals surface area contributed by atoms with E-state index in [1.54, 1.807) is 0 Å². The summed E-state index contributed by atoms with van der Waals surface area (Å²) in [6, 6.07) is 0. The molecule has 0 saturated heterocycles. The topological polar surface area (TPSA) is 46.5 Å². The van der Waals surface area contributed by atoms with E-state index in [0.29, 0.717) is 24.9 Å². The molecule has 0 aromatic carbocycles. The van der Waals surface area contributed by atoms with Crippen LogP contribution in [-0.4, -0.2) is 23.3 Å². The number of ether oxygens (including phenoxy) is 1. The second kappa shape index (κ2) is 5.43. The lowest BCUT2D eigenvalue weighted by molar-refractivity contribution is -0.149. The molecule has 1 saturated carbocycles. The third-order valence-corrected chi connectivity index (χ3v) is 4.45. The molecule has 0 aliphatic heterocycles. The lowest BCUT2D eigenvalue weighted by Gasteiger charge is -2.21. The number of allylic oxidation sites excluding steroid dienone is 2. The molecule has 2 rings (SSSR count). The van der Waals surface area contributed by atoms with Gasteiger partial charge < -0.3 is 9.84 Å². The molecule has 0 heterocycles. The summed E-state index contributed by atoms with van der Waals surface area (Å²) in [5.74, 6) is 1.07. The molecule has 0 radical (unpaired) electrons. The fraction of sp³-hybridized carbons (Fsp3) is 0.800. The van der Waals surface area contributed by atoms with Gasteiger partial charge in [-0.05, 0) is 50.9 Å². The number of hydrogen-bond acceptors (Lipinski definition) is 3. The van der Waals surface area contributed by atoms with E-state index in [2.05, 4.69) is 12.2 Å². The number of rotatable bonds is 6. The molecule has 0 spiro atoms. The first kappa shape index (κ1) is 13.6. The van der Waals surface area contributed by atoms with E-state index in [1.165, 1.54) is 0 Å². The first-order valence-corrected chi connectivity index (χ1v) is 7.09. The van der Waals surface area contributed by atoms with Crippen LogP contribution >= 0.6 is 0 Å². The molecule has 0 aromatic rings. The van der Waals surface area contributed by atoms with E-state index >= 15 is 0 Å². The standard InChI is InChI=1S/C15H24O3/c1-3-15(2,17)7-4-8-18-14(16)13-10-11-5-6-12(13)9-11/h5-6,11-13,17H,3-4,7-10H2,1-2H3. The minimum Gasteiger partial charge on any atom is -0.465 e. The highest BCUT2D eigenvalue weighted by molar-refractivity contribution is 5.74. The van der Waals surface area contributed by atoms with Crippen molar-refractivity contribution in [2.75, 3.05) is 6.61 Å². The molecule has 0 aromatic heterocycles. The van der Waals surface area contributed by atoms with Crippen molar-refractivity contribution in [3.05, 3.63) is 12.2 Å². The van der Waals surface area contributed by atoms with Crippen molar-refractivity contribution in [3.63, 3.8) is 0 Å². The van der Waals surface area contributed by atoms with Crippen LogP contribution in [0.3, 0.4) is 0 Å². The number of aliphatic hydroxyl groups is 1. The molecule has 4 unspecified atom stereocenters. The van der Waals surface area contributed by atoms with Crippen LogP contribution in [0.25, 0.3) is 0 Å². The second-order valence-corrected chi connectivity index (χ2v) is 6.01. The lowest BCUT2D eigenvalue weighted by Crippen LogP contribution is -2.25. The summed E-state index contributed by atoms with van der Waals surface area (Å²) in [6.07, 6.45) is 8.65. The SMILES string of the molecule is CCC(C)(O)CCCOC(=O)C1CC2C=CC1C2. The van der Waals surface area contributed by atoms with Crippen LogP contribution in [0.5, 0.6) is 0 Å². The predicted molar refractivity (Wildman–Crippen MR) is 70.0 cm³/mol. The van der Waals surface area contributed by atoms with Gasteiger partial charge in [0.15, 0.2) is 0 Å². The molecule has 1 fully saturated rings. The number of hydrogen-bond donors (Lipinski definition) is 1. The van der Waals surface area contributed by atoms with Crippen molar-refractivity contribution >= 4 is 5.97 Å². The van der Waals surface area contributed by atoms with Gasteiger partial charge in [0.1, 0.15) is 0 Å². The zero-order valence-corrected chi connectivity index (χ0v) is 11.4. The molecular formula is C15H24O3. The fourth-order valence-electron chi connectivity index (χ4n) is 2.96. The maximum atomic E-state index is 11.9. The van der Waals surface area contributed by atoms with Crippen LogP contribution < -0.4 is 0 Å². The first-order valence-electron chi connectivity index (χ1n) is 7.09. The Hall–Kier alpha value is -0.830. The smallest absolute Gasteiger partial charge is 0.309 e. The van der Waals surface area contributed by atoms with Crippen LogP contribution in [0.2, 0.25) is 0 Å². The number of carbonyl (C=O) groups is 1. The van der Waals surface area contributed by atoms with Gasteiger partial charge in [-0.3, -0.25) is 4.79 Å². The van der Waals surface area contributed by atoms with Crippen molar-refractivity contribution in [1.82, 2.24) is 0 Å². The van der Waals surface area contributed by atoms with Gasteiger partial charge in [-0.15, -0.1) is 0 Å². The maximum Gasteiger partial charge on any atom is 0.309 e. The summed E-state index contributed by atoms with van der Waals surface area (Å²) in [7, 11) is 0. The summed E-state index contributed by atoms with van der Waals surface area (Å²) in [4.78, 5) is 11.9. The van der Waals surface area contributed by atoms with Crippen LogP contribution in [-0.2, 0) is 9.53 Å². The normalized spacial score (nSPS) is 32.5. The third-order valence-electron chi connectivity index (χ3n) is 4.45. The Balaban J connectivity index is 1.65. The molecule has 102 valence electrons. The Morgan fingerprint density at radius 3 is 2.78 bits per heavy atom. The Morgan fingerprint density at radius 1 is 1.44 bits per heavy atom. The van der Waals surface area contributed by atoms with E-state index in [-0.39, 0.29) is 11.9 Å². The van der Waals surface area contributed by atoms with Gasteiger partial charge in [0.2, 0.25) is 0 Å². The number of esters is 1. The number of carbonyl (C=O) groups excluding carboxylic acids is 1. The van der Waals surface area contributed by atoms with Crippen LogP contribution in [0.1, 0.15) is 46.0 Å². The summed E-state index contributed by atoms with van der Waals surface area (Å²) in [6.45, 7) is 4.23. The molecular weight excluding hydrogens is 228 g/mol. The van der Waals surface area contributed by atoms with E-state index in [9.17, 15) is 9.90 Å². The van der Waals surface area contributed by atoms with E-state index < -0.39 is 5.60 Å². The van der Waals surface area contributed by atoms with Gasteiger partial charge in [-0.2, -0.15) is 0 Å². The fourth-order valence-corrected chi connectivity index (χ4v) is 2.96. The lowest BCUT2D eigenvalue weighted by atomic mass is 9.94. The molecule has 1 N–H and O–H groups in total. The van der Waals surface area contributed by atoms with E-state index in [0.717, 1.165) is 25.7 Å². The van der Waals surface area contributed by atoms with Gasteiger partial charge in [0.25, 0.3) is 0 Å². The molecule has 2 bridgehead atoms. The molecule has 2 aliphatic rings. The monoisotopic (exact) mass is 252 g/mol. The van der Waals surface area contributed by atoms with Gasteiger partial charge in [-0.25, -0.2) is 0 Å². The molecule has 2 aliphatic carbocycles. The van der Waals surface area contributed by atoms with Crippen LogP contribution in [0.15, 0.2) is 12.2 Å². The van der Waals surface area contributed by atoms with Crippen molar-refractivity contribution in [2.45, 2.75) is 51.6 Å². The average molecular weight is 252 g/mol. The quantitative estimate of drug-likeness (QED) is 0.449. The maximum absolute atomic E-state index is 11.9. The van der Waals surface area contributed by atoms with Crippen LogP contribution in [0, 0.1) is 17.8 Å².